The van der Waals surface area contributed by atoms with Crippen LogP contribution in [0.2, 0.25) is 0 Å². The molecule has 2 aromatic carbocycles. The topological polar surface area (TPSA) is 59.8 Å². The lowest BCUT2D eigenvalue weighted by atomic mass is 10.1. The van der Waals surface area contributed by atoms with E-state index >= 15 is 0 Å². The number of aryl methyl sites for hydroxylation is 2. The summed E-state index contributed by atoms with van der Waals surface area (Å²) in [5, 5.41) is 15.8. The molecule has 0 aliphatic heterocycles. The number of aromatic nitrogens is 2. The van der Waals surface area contributed by atoms with Crippen molar-refractivity contribution < 1.29 is 14.6 Å². The molecule has 4 rings (SSSR count). The van der Waals surface area contributed by atoms with Crippen molar-refractivity contribution in [1.29, 1.82) is 0 Å². The molecule has 0 radical (unpaired) electrons. The molecule has 194 valence electrons. The van der Waals surface area contributed by atoms with Crippen LogP contribution in [0.3, 0.4) is 0 Å². The van der Waals surface area contributed by atoms with Gasteiger partial charge in [-0.3, -0.25) is 4.90 Å². The highest BCUT2D eigenvalue weighted by molar-refractivity contribution is 5.44. The van der Waals surface area contributed by atoms with Crippen molar-refractivity contribution >= 4 is 0 Å². The first-order valence-corrected chi connectivity index (χ1v) is 13.3. The zero-order chi connectivity index (χ0) is 25.5. The summed E-state index contributed by atoms with van der Waals surface area (Å²) in [5.41, 5.74) is 4.26. The number of nitrogens with zero attached hydrogens (tertiary/aromatic N) is 3. The molecule has 1 heterocycles. The lowest BCUT2D eigenvalue weighted by molar-refractivity contribution is 0.00608. The molecule has 1 N–H and O–H groups in total. The summed E-state index contributed by atoms with van der Waals surface area (Å²) in [7, 11) is 0. The maximum Gasteiger partial charge on any atom is 0.227 e. The van der Waals surface area contributed by atoms with E-state index in [-0.39, 0.29) is 0 Å². The number of rotatable bonds is 14. The summed E-state index contributed by atoms with van der Waals surface area (Å²) in [6.07, 6.45) is 2.79. The van der Waals surface area contributed by atoms with Gasteiger partial charge < -0.3 is 14.6 Å². The zero-order valence-corrected chi connectivity index (χ0v) is 22.2. The van der Waals surface area contributed by atoms with Crippen LogP contribution >= 0.6 is 0 Å². The first-order chi connectivity index (χ1) is 17.4. The molecule has 6 heteroatoms. The maximum absolute atomic E-state index is 10.8. The zero-order valence-electron chi connectivity index (χ0n) is 22.2. The smallest absolute Gasteiger partial charge is 0.227 e. The van der Waals surface area contributed by atoms with Crippen LogP contribution in [0, 0.1) is 18.8 Å². The summed E-state index contributed by atoms with van der Waals surface area (Å²) in [6, 6.07) is 18.3. The van der Waals surface area contributed by atoms with Gasteiger partial charge in [0.2, 0.25) is 5.88 Å². The van der Waals surface area contributed by atoms with Crippen molar-refractivity contribution in [2.75, 3.05) is 26.3 Å². The van der Waals surface area contributed by atoms with E-state index in [4.69, 9.17) is 14.6 Å². The van der Waals surface area contributed by atoms with Crippen molar-refractivity contribution in [3.8, 4) is 17.3 Å². The molecule has 6 nitrogen and oxygen atoms in total. The number of aliphatic hydroxyl groups excluding tert-OH is 1. The van der Waals surface area contributed by atoms with Crippen molar-refractivity contribution in [1.82, 2.24) is 14.7 Å². The molecule has 0 spiro atoms. The largest absolute Gasteiger partial charge is 0.439 e. The Hall–Kier alpha value is -2.67. The van der Waals surface area contributed by atoms with Crippen molar-refractivity contribution in [2.24, 2.45) is 11.8 Å². The second-order valence-corrected chi connectivity index (χ2v) is 10.5. The Morgan fingerprint density at radius 3 is 2.42 bits per heavy atom. The molecular formula is C30H41N3O3. The third kappa shape index (κ3) is 7.42. The third-order valence-electron chi connectivity index (χ3n) is 6.42. The molecule has 0 amide bonds. The van der Waals surface area contributed by atoms with E-state index in [1.165, 1.54) is 18.4 Å². The Morgan fingerprint density at radius 2 is 1.78 bits per heavy atom. The minimum Gasteiger partial charge on any atom is -0.439 e. The Balaban J connectivity index is 1.63. The molecule has 1 aliphatic carbocycles. The highest BCUT2D eigenvalue weighted by Crippen LogP contribution is 2.34. The van der Waals surface area contributed by atoms with E-state index in [0.717, 1.165) is 41.5 Å². The minimum atomic E-state index is -0.529. The minimum absolute atomic E-state index is 0.357. The quantitative estimate of drug-likeness (QED) is 0.310. The molecule has 1 fully saturated rings. The monoisotopic (exact) mass is 491 g/mol. The van der Waals surface area contributed by atoms with Crippen LogP contribution in [0.25, 0.3) is 5.69 Å². The fourth-order valence-corrected chi connectivity index (χ4v) is 4.37. The first-order valence-electron chi connectivity index (χ1n) is 13.3. The van der Waals surface area contributed by atoms with Gasteiger partial charge in [0.25, 0.3) is 0 Å². The molecule has 1 aromatic heterocycles. The molecule has 1 saturated carbocycles. The van der Waals surface area contributed by atoms with Crippen molar-refractivity contribution in [3.05, 3.63) is 71.4 Å². The van der Waals surface area contributed by atoms with Gasteiger partial charge >= 0.3 is 0 Å². The van der Waals surface area contributed by atoms with E-state index in [0.29, 0.717) is 38.1 Å². The molecule has 0 bridgehead atoms. The van der Waals surface area contributed by atoms with E-state index < -0.39 is 6.10 Å². The van der Waals surface area contributed by atoms with Crippen LogP contribution in [-0.4, -0.2) is 52.2 Å². The van der Waals surface area contributed by atoms with Crippen LogP contribution in [0.5, 0.6) is 11.6 Å². The van der Waals surface area contributed by atoms with E-state index in [1.807, 2.05) is 35.0 Å². The predicted molar refractivity (Wildman–Crippen MR) is 144 cm³/mol. The van der Waals surface area contributed by atoms with Gasteiger partial charge in [-0.05, 0) is 62.3 Å². The van der Waals surface area contributed by atoms with E-state index in [2.05, 4.69) is 56.9 Å². The fraction of sp³-hybridized carbons (Fsp3) is 0.500. The standard InChI is InChI=1S/C30H41N3O3/c1-5-29-28(19-32(17-24-13-14-24)18-26(34)21-35-20-22(2)3)30(36-27-15-11-23(4)12-16-27)33(31-29)25-9-7-6-8-10-25/h6-12,15-16,22,24,26,34H,5,13-14,17-21H2,1-4H3. The van der Waals surface area contributed by atoms with E-state index in [1.54, 1.807) is 0 Å². The number of aliphatic hydroxyl groups is 1. The van der Waals surface area contributed by atoms with Gasteiger partial charge in [0.05, 0.1) is 29.7 Å². The molecule has 36 heavy (non-hydrogen) atoms. The van der Waals surface area contributed by atoms with Crippen LogP contribution in [0.15, 0.2) is 54.6 Å². The molecule has 1 unspecified atom stereocenters. The maximum atomic E-state index is 10.8. The third-order valence-corrected chi connectivity index (χ3v) is 6.42. The number of hydrogen-bond donors (Lipinski definition) is 1. The Bertz CT molecular complexity index is 1070. The molecule has 1 atom stereocenters. The predicted octanol–water partition coefficient (Wildman–Crippen LogP) is 5.78. The van der Waals surface area contributed by atoms with E-state index in [9.17, 15) is 5.11 Å². The Labute approximate surface area is 215 Å². The summed E-state index contributed by atoms with van der Waals surface area (Å²) < 4.78 is 14.2. The van der Waals surface area contributed by atoms with Crippen LogP contribution in [-0.2, 0) is 17.7 Å². The number of para-hydroxylation sites is 1. The van der Waals surface area contributed by atoms with Gasteiger partial charge in [0.1, 0.15) is 5.75 Å². The molecule has 1 aliphatic rings. The van der Waals surface area contributed by atoms with Gasteiger partial charge in [0, 0.05) is 26.2 Å². The normalized spacial score (nSPS) is 14.5. The molecule has 3 aromatic rings. The summed E-state index contributed by atoms with van der Waals surface area (Å²) in [5.74, 6) is 2.69. The van der Waals surface area contributed by atoms with Crippen molar-refractivity contribution in [2.45, 2.75) is 59.6 Å². The van der Waals surface area contributed by atoms with Gasteiger partial charge in [-0.25, -0.2) is 4.68 Å². The average molecular weight is 492 g/mol. The summed E-state index contributed by atoms with van der Waals surface area (Å²) in [6.45, 7) is 11.7. The second kappa shape index (κ2) is 12.5. The molecular weight excluding hydrogens is 450 g/mol. The lowest BCUT2D eigenvalue weighted by Crippen LogP contribution is -2.36. The van der Waals surface area contributed by atoms with Gasteiger partial charge in [-0.2, -0.15) is 5.10 Å². The van der Waals surface area contributed by atoms with Crippen LogP contribution < -0.4 is 4.74 Å². The van der Waals surface area contributed by atoms with Crippen molar-refractivity contribution in [3.63, 3.8) is 0 Å². The average Bonchev–Trinajstić information content (AvgIpc) is 3.61. The summed E-state index contributed by atoms with van der Waals surface area (Å²) >= 11 is 0. The fourth-order valence-electron chi connectivity index (χ4n) is 4.37. The molecule has 0 saturated heterocycles. The van der Waals surface area contributed by atoms with Crippen LogP contribution in [0.4, 0.5) is 0 Å². The number of ether oxygens (including phenoxy) is 2. The van der Waals surface area contributed by atoms with Gasteiger partial charge in [-0.15, -0.1) is 0 Å². The highest BCUT2D eigenvalue weighted by atomic mass is 16.5. The second-order valence-electron chi connectivity index (χ2n) is 10.5. The summed E-state index contributed by atoms with van der Waals surface area (Å²) in [4.78, 5) is 2.36. The van der Waals surface area contributed by atoms with Gasteiger partial charge in [0.15, 0.2) is 0 Å². The lowest BCUT2D eigenvalue weighted by Gasteiger charge is -2.26. The Kier molecular flexibility index (Phi) is 9.19. The Morgan fingerprint density at radius 1 is 1.06 bits per heavy atom. The number of hydrogen-bond acceptors (Lipinski definition) is 5. The highest BCUT2D eigenvalue weighted by Gasteiger charge is 2.28. The van der Waals surface area contributed by atoms with Gasteiger partial charge in [-0.1, -0.05) is 56.7 Å². The SMILES string of the molecule is CCc1nn(-c2ccccc2)c(Oc2ccc(C)cc2)c1CN(CC(O)COCC(C)C)CC1CC1. The number of benzene rings is 2. The first kappa shape index (κ1) is 26.4. The van der Waals surface area contributed by atoms with Crippen LogP contribution in [0.1, 0.15) is 50.4 Å².